The molecule has 2 aromatic rings. The van der Waals surface area contributed by atoms with Gasteiger partial charge in [-0.25, -0.2) is 4.42 Å². The maximum Gasteiger partial charge on any atom is 0.425 e. The summed E-state index contributed by atoms with van der Waals surface area (Å²) in [4.78, 5) is 0. The molecule has 0 saturated heterocycles. The Labute approximate surface area is 88.1 Å². The number of hydrogen-bond acceptors (Lipinski definition) is 0. The van der Waals surface area contributed by atoms with Gasteiger partial charge in [-0.1, -0.05) is 17.7 Å². The first-order chi connectivity index (χ1) is 7.00. The number of rotatable bonds is 0. The largest absolute Gasteiger partial charge is 0.425 e. The predicted octanol–water partition coefficient (Wildman–Crippen LogP) is 4.39. The van der Waals surface area contributed by atoms with Crippen LogP contribution in [0.25, 0.3) is 11.0 Å². The maximum atomic E-state index is 12.5. The van der Waals surface area contributed by atoms with Gasteiger partial charge in [-0.15, -0.1) is 0 Å². The van der Waals surface area contributed by atoms with Crippen molar-refractivity contribution in [3.8, 4) is 0 Å². The molecule has 2 rings (SSSR count). The SMILES string of the molecule is FC(F)(F)c1cccc2c(Cl)cc[o+]c12. The second-order valence-electron chi connectivity index (χ2n) is 2.95. The molecule has 0 saturated carbocycles. The van der Waals surface area contributed by atoms with E-state index >= 15 is 0 Å². The zero-order valence-electron chi connectivity index (χ0n) is 7.31. The molecule has 0 N–H and O–H groups in total. The molecule has 5 heteroatoms. The van der Waals surface area contributed by atoms with Gasteiger partial charge in [0.25, 0.3) is 0 Å². The van der Waals surface area contributed by atoms with Crippen LogP contribution in [-0.2, 0) is 6.18 Å². The van der Waals surface area contributed by atoms with Gasteiger partial charge in [-0.2, -0.15) is 13.2 Å². The van der Waals surface area contributed by atoms with Gasteiger partial charge in [0.05, 0.1) is 16.5 Å². The van der Waals surface area contributed by atoms with Gasteiger partial charge in [-0.05, 0) is 12.1 Å². The first-order valence-electron chi connectivity index (χ1n) is 4.06. The number of alkyl halides is 3. The molecule has 0 spiro atoms. The van der Waals surface area contributed by atoms with Crippen LogP contribution in [0.2, 0.25) is 5.02 Å². The monoisotopic (exact) mass is 233 g/mol. The Morgan fingerprint density at radius 1 is 1.13 bits per heavy atom. The highest BCUT2D eigenvalue weighted by atomic mass is 35.5. The molecule has 1 nitrogen and oxygen atoms in total. The molecular formula is C10H5ClF3O+. The Hall–Kier alpha value is -1.29. The van der Waals surface area contributed by atoms with Crippen molar-refractivity contribution < 1.29 is 17.6 Å². The molecule has 0 aliphatic carbocycles. The van der Waals surface area contributed by atoms with Crippen molar-refractivity contribution in [2.45, 2.75) is 6.18 Å². The molecule has 0 fully saturated rings. The third-order valence-electron chi connectivity index (χ3n) is 1.98. The fourth-order valence-electron chi connectivity index (χ4n) is 1.33. The first-order valence-corrected chi connectivity index (χ1v) is 4.44. The van der Waals surface area contributed by atoms with Gasteiger partial charge in [0.15, 0.2) is 5.56 Å². The van der Waals surface area contributed by atoms with E-state index in [1.165, 1.54) is 18.2 Å². The second-order valence-corrected chi connectivity index (χ2v) is 3.36. The van der Waals surface area contributed by atoms with Gasteiger partial charge in [0, 0.05) is 0 Å². The van der Waals surface area contributed by atoms with Crippen LogP contribution >= 0.6 is 11.6 Å². The summed E-state index contributed by atoms with van der Waals surface area (Å²) in [5.41, 5.74) is -1.06. The summed E-state index contributed by atoms with van der Waals surface area (Å²) in [6, 6.07) is 5.15. The molecule has 1 aromatic heterocycles. The lowest BCUT2D eigenvalue weighted by atomic mass is 10.1. The number of para-hydroxylation sites is 1. The molecule has 0 unspecified atom stereocenters. The van der Waals surface area contributed by atoms with E-state index in [9.17, 15) is 13.2 Å². The number of halogens is 4. The molecule has 15 heavy (non-hydrogen) atoms. The van der Waals surface area contributed by atoms with Crippen LogP contribution in [0.3, 0.4) is 0 Å². The fourth-order valence-corrected chi connectivity index (χ4v) is 1.53. The van der Waals surface area contributed by atoms with E-state index < -0.39 is 11.7 Å². The Kier molecular flexibility index (Phi) is 2.31. The lowest BCUT2D eigenvalue weighted by Gasteiger charge is -2.03. The van der Waals surface area contributed by atoms with E-state index in [1.807, 2.05) is 0 Å². The first kappa shape index (κ1) is 10.2. The molecule has 0 radical (unpaired) electrons. The molecule has 0 aliphatic heterocycles. The van der Waals surface area contributed by atoms with E-state index in [1.54, 1.807) is 0 Å². The summed E-state index contributed by atoms with van der Waals surface area (Å²) in [6.07, 6.45) is -3.30. The summed E-state index contributed by atoms with van der Waals surface area (Å²) in [6.45, 7) is 0. The quantitative estimate of drug-likeness (QED) is 0.615. The molecule has 1 aromatic carbocycles. The third-order valence-corrected chi connectivity index (χ3v) is 2.31. The minimum Gasteiger partial charge on any atom is -0.215 e. The van der Waals surface area contributed by atoms with Crippen molar-refractivity contribution in [3.63, 3.8) is 0 Å². The molecule has 0 bridgehead atoms. The lowest BCUT2D eigenvalue weighted by Crippen LogP contribution is -2.05. The Morgan fingerprint density at radius 2 is 1.87 bits per heavy atom. The second kappa shape index (κ2) is 3.38. The summed E-state index contributed by atoms with van der Waals surface area (Å²) in [5.74, 6) is 0. The Morgan fingerprint density at radius 3 is 2.53 bits per heavy atom. The van der Waals surface area contributed by atoms with Crippen LogP contribution in [0.5, 0.6) is 0 Å². The summed E-state index contributed by atoms with van der Waals surface area (Å²) >= 11 is 5.75. The summed E-state index contributed by atoms with van der Waals surface area (Å²) < 4.78 is 42.5. The average molecular weight is 234 g/mol. The molecule has 0 atom stereocenters. The molecule has 78 valence electrons. The van der Waals surface area contributed by atoms with Crippen molar-refractivity contribution in [1.29, 1.82) is 0 Å². The number of benzene rings is 1. The van der Waals surface area contributed by atoms with Crippen molar-refractivity contribution in [2.75, 3.05) is 0 Å². The smallest absolute Gasteiger partial charge is 0.215 e. The Balaban J connectivity index is 2.83. The zero-order valence-corrected chi connectivity index (χ0v) is 8.06. The van der Waals surface area contributed by atoms with Gasteiger partial charge in [0.2, 0.25) is 0 Å². The van der Waals surface area contributed by atoms with Crippen LogP contribution in [0.15, 0.2) is 34.9 Å². The molecule has 0 aliphatic rings. The zero-order chi connectivity index (χ0) is 11.1. The van der Waals surface area contributed by atoms with Gasteiger partial charge < -0.3 is 0 Å². The van der Waals surface area contributed by atoms with Crippen LogP contribution in [0.1, 0.15) is 5.56 Å². The van der Waals surface area contributed by atoms with Gasteiger partial charge >= 0.3 is 18.0 Å². The maximum absolute atomic E-state index is 12.5. The lowest BCUT2D eigenvalue weighted by molar-refractivity contribution is -0.136. The topological polar surface area (TPSA) is 11.3 Å². The highest BCUT2D eigenvalue weighted by Gasteiger charge is 2.38. The third kappa shape index (κ3) is 1.77. The van der Waals surface area contributed by atoms with E-state index in [4.69, 9.17) is 16.0 Å². The highest BCUT2D eigenvalue weighted by Crippen LogP contribution is 2.36. The minimum absolute atomic E-state index is 0.238. The van der Waals surface area contributed by atoms with Gasteiger partial charge in [-0.3, -0.25) is 0 Å². The minimum atomic E-state index is -4.44. The highest BCUT2D eigenvalue weighted by molar-refractivity contribution is 6.35. The van der Waals surface area contributed by atoms with Crippen LogP contribution in [-0.4, -0.2) is 0 Å². The summed E-state index contributed by atoms with van der Waals surface area (Å²) in [5, 5.41) is 0.497. The van der Waals surface area contributed by atoms with E-state index in [0.29, 0.717) is 0 Å². The van der Waals surface area contributed by atoms with Crippen LogP contribution < -0.4 is 0 Å². The van der Waals surface area contributed by atoms with Gasteiger partial charge in [0.1, 0.15) is 0 Å². The predicted molar refractivity (Wildman–Crippen MR) is 50.6 cm³/mol. The average Bonchev–Trinajstić information content (AvgIpc) is 2.16. The summed E-state index contributed by atoms with van der Waals surface area (Å²) in [7, 11) is 0. The van der Waals surface area contributed by atoms with Crippen molar-refractivity contribution in [2.24, 2.45) is 0 Å². The normalized spacial score (nSPS) is 12.0. The van der Waals surface area contributed by atoms with E-state index in [-0.39, 0.29) is 16.0 Å². The van der Waals surface area contributed by atoms with Crippen LogP contribution in [0.4, 0.5) is 13.2 Å². The molecular weight excluding hydrogens is 229 g/mol. The molecule has 0 amide bonds. The number of hydrogen-bond donors (Lipinski definition) is 0. The Bertz CT molecular complexity index is 507. The van der Waals surface area contributed by atoms with Crippen molar-refractivity contribution >= 4 is 22.6 Å². The van der Waals surface area contributed by atoms with E-state index in [0.717, 1.165) is 12.3 Å². The van der Waals surface area contributed by atoms with Crippen LogP contribution in [0, 0.1) is 0 Å². The molecule has 1 heterocycles. The standard InChI is InChI=1S/C10H5ClF3O/c11-8-4-5-15-9-6(8)2-1-3-7(9)10(12,13)14/h1-5H/q+1. The van der Waals surface area contributed by atoms with E-state index in [2.05, 4.69) is 0 Å². The van der Waals surface area contributed by atoms with Crippen molar-refractivity contribution in [1.82, 2.24) is 0 Å². The number of fused-ring (bicyclic) bond motifs is 1. The van der Waals surface area contributed by atoms with Crippen molar-refractivity contribution in [3.05, 3.63) is 41.1 Å². The fraction of sp³-hybridized carbons (Fsp3) is 0.100.